The Morgan fingerprint density at radius 1 is 1.26 bits per heavy atom. The van der Waals surface area contributed by atoms with E-state index in [1.165, 1.54) is 18.1 Å². The molecular weight excluding hydrogens is 240 g/mol. The van der Waals surface area contributed by atoms with Crippen LogP contribution < -0.4 is 10.6 Å². The summed E-state index contributed by atoms with van der Waals surface area (Å²) in [6.07, 6.45) is 1.73. The SMILES string of the molecule is CC(=O)NCNc1ccnn1-c1cc(C)cc(C)c1. The lowest BCUT2D eigenvalue weighted by Gasteiger charge is -2.11. The maximum absolute atomic E-state index is 10.8. The Balaban J connectivity index is 2.21. The minimum atomic E-state index is -0.0648. The van der Waals surface area contributed by atoms with Gasteiger partial charge in [-0.1, -0.05) is 6.07 Å². The average molecular weight is 258 g/mol. The van der Waals surface area contributed by atoms with Crippen molar-refractivity contribution in [2.75, 3.05) is 12.0 Å². The van der Waals surface area contributed by atoms with Crippen molar-refractivity contribution >= 4 is 11.7 Å². The molecule has 0 saturated carbocycles. The fraction of sp³-hybridized carbons (Fsp3) is 0.286. The molecule has 2 N–H and O–H groups in total. The second kappa shape index (κ2) is 5.56. The Morgan fingerprint density at radius 3 is 2.58 bits per heavy atom. The molecule has 1 aromatic heterocycles. The smallest absolute Gasteiger partial charge is 0.218 e. The third-order valence-corrected chi connectivity index (χ3v) is 2.70. The van der Waals surface area contributed by atoms with E-state index in [0.717, 1.165) is 11.5 Å². The molecule has 1 heterocycles. The first kappa shape index (κ1) is 13.1. The van der Waals surface area contributed by atoms with E-state index in [9.17, 15) is 4.79 Å². The Morgan fingerprint density at radius 2 is 1.95 bits per heavy atom. The zero-order valence-corrected chi connectivity index (χ0v) is 11.4. The summed E-state index contributed by atoms with van der Waals surface area (Å²) in [4.78, 5) is 10.8. The van der Waals surface area contributed by atoms with Crippen LogP contribution >= 0.6 is 0 Å². The Labute approximate surface area is 112 Å². The number of hydrogen-bond donors (Lipinski definition) is 2. The van der Waals surface area contributed by atoms with Gasteiger partial charge in [-0.2, -0.15) is 5.10 Å². The lowest BCUT2D eigenvalue weighted by Crippen LogP contribution is -2.27. The van der Waals surface area contributed by atoms with E-state index in [1.807, 2.05) is 10.7 Å². The third-order valence-electron chi connectivity index (χ3n) is 2.70. The van der Waals surface area contributed by atoms with Crippen molar-refractivity contribution in [1.29, 1.82) is 0 Å². The summed E-state index contributed by atoms with van der Waals surface area (Å²) >= 11 is 0. The quantitative estimate of drug-likeness (QED) is 0.825. The standard InChI is InChI=1S/C14H18N4O/c1-10-6-11(2)8-13(7-10)18-14(4-5-17-18)16-9-15-12(3)19/h4-8,16H,9H2,1-3H3,(H,15,19). The van der Waals surface area contributed by atoms with Gasteiger partial charge in [0.25, 0.3) is 0 Å². The maximum atomic E-state index is 10.8. The normalized spacial score (nSPS) is 10.3. The summed E-state index contributed by atoms with van der Waals surface area (Å²) in [5.74, 6) is 0.781. The zero-order valence-electron chi connectivity index (χ0n) is 11.4. The summed E-state index contributed by atoms with van der Waals surface area (Å²) in [5.41, 5.74) is 3.39. The van der Waals surface area contributed by atoms with Crippen LogP contribution in [0, 0.1) is 13.8 Å². The summed E-state index contributed by atoms with van der Waals surface area (Å²) in [5, 5.41) is 10.1. The van der Waals surface area contributed by atoms with Crippen LogP contribution in [0.5, 0.6) is 0 Å². The van der Waals surface area contributed by atoms with Gasteiger partial charge in [0.1, 0.15) is 5.82 Å². The first-order valence-corrected chi connectivity index (χ1v) is 6.17. The number of anilines is 1. The van der Waals surface area contributed by atoms with Crippen molar-refractivity contribution in [1.82, 2.24) is 15.1 Å². The molecule has 0 spiro atoms. The van der Waals surface area contributed by atoms with Crippen LogP contribution in [0.2, 0.25) is 0 Å². The van der Waals surface area contributed by atoms with Crippen molar-refractivity contribution in [2.45, 2.75) is 20.8 Å². The van der Waals surface area contributed by atoms with Gasteiger partial charge in [-0.05, 0) is 37.1 Å². The molecule has 0 bridgehead atoms. The molecule has 1 amide bonds. The van der Waals surface area contributed by atoms with Gasteiger partial charge in [0.2, 0.25) is 5.91 Å². The van der Waals surface area contributed by atoms with Crippen LogP contribution in [-0.2, 0) is 4.79 Å². The summed E-state index contributed by atoms with van der Waals surface area (Å²) in [7, 11) is 0. The minimum Gasteiger partial charge on any atom is -0.353 e. The molecule has 2 aromatic rings. The Kier molecular flexibility index (Phi) is 3.85. The average Bonchev–Trinajstić information content (AvgIpc) is 2.75. The van der Waals surface area contributed by atoms with Crippen LogP contribution in [0.15, 0.2) is 30.5 Å². The van der Waals surface area contributed by atoms with E-state index in [2.05, 4.69) is 47.8 Å². The number of aromatic nitrogens is 2. The third kappa shape index (κ3) is 3.34. The summed E-state index contributed by atoms with van der Waals surface area (Å²) < 4.78 is 1.82. The molecule has 19 heavy (non-hydrogen) atoms. The number of nitrogens with zero attached hydrogens (tertiary/aromatic N) is 2. The largest absolute Gasteiger partial charge is 0.353 e. The van der Waals surface area contributed by atoms with Crippen LogP contribution in [0.1, 0.15) is 18.1 Å². The first-order chi connectivity index (χ1) is 9.06. The number of aryl methyl sites for hydroxylation is 2. The lowest BCUT2D eigenvalue weighted by atomic mass is 10.1. The first-order valence-electron chi connectivity index (χ1n) is 6.17. The molecular formula is C14H18N4O. The Hall–Kier alpha value is -2.30. The molecule has 0 unspecified atom stereocenters. The van der Waals surface area contributed by atoms with E-state index in [4.69, 9.17) is 0 Å². The monoisotopic (exact) mass is 258 g/mol. The van der Waals surface area contributed by atoms with Crippen molar-refractivity contribution in [2.24, 2.45) is 0 Å². The van der Waals surface area contributed by atoms with Crippen molar-refractivity contribution in [3.8, 4) is 5.69 Å². The second-order valence-electron chi connectivity index (χ2n) is 4.56. The number of hydrogen-bond acceptors (Lipinski definition) is 3. The number of nitrogens with one attached hydrogen (secondary N) is 2. The van der Waals surface area contributed by atoms with Gasteiger partial charge in [-0.3, -0.25) is 4.79 Å². The number of carbonyl (C=O) groups excluding carboxylic acids is 1. The number of benzene rings is 1. The van der Waals surface area contributed by atoms with Gasteiger partial charge >= 0.3 is 0 Å². The Bertz CT molecular complexity index is 569. The molecule has 0 fully saturated rings. The molecule has 0 aliphatic carbocycles. The van der Waals surface area contributed by atoms with Crippen LogP contribution in [-0.4, -0.2) is 22.4 Å². The predicted molar refractivity (Wildman–Crippen MR) is 75.3 cm³/mol. The van der Waals surface area contributed by atoms with Gasteiger partial charge in [-0.15, -0.1) is 0 Å². The topological polar surface area (TPSA) is 59.0 Å². The van der Waals surface area contributed by atoms with Crippen LogP contribution in [0.3, 0.4) is 0 Å². The molecule has 100 valence electrons. The second-order valence-corrected chi connectivity index (χ2v) is 4.56. The molecule has 5 nitrogen and oxygen atoms in total. The molecule has 5 heteroatoms. The fourth-order valence-corrected chi connectivity index (χ4v) is 1.98. The van der Waals surface area contributed by atoms with Gasteiger partial charge < -0.3 is 10.6 Å². The molecule has 0 atom stereocenters. The van der Waals surface area contributed by atoms with E-state index < -0.39 is 0 Å². The zero-order chi connectivity index (χ0) is 13.8. The minimum absolute atomic E-state index is 0.0648. The van der Waals surface area contributed by atoms with Crippen LogP contribution in [0.25, 0.3) is 5.69 Å². The lowest BCUT2D eigenvalue weighted by molar-refractivity contribution is -0.118. The van der Waals surface area contributed by atoms with Gasteiger partial charge in [-0.25, -0.2) is 4.68 Å². The predicted octanol–water partition coefficient (Wildman–Crippen LogP) is 1.99. The highest BCUT2D eigenvalue weighted by Crippen LogP contribution is 2.17. The van der Waals surface area contributed by atoms with Gasteiger partial charge in [0, 0.05) is 13.0 Å². The van der Waals surface area contributed by atoms with Crippen LogP contribution in [0.4, 0.5) is 5.82 Å². The number of amides is 1. The van der Waals surface area contributed by atoms with E-state index in [-0.39, 0.29) is 5.91 Å². The van der Waals surface area contributed by atoms with E-state index in [1.54, 1.807) is 6.20 Å². The maximum Gasteiger partial charge on any atom is 0.218 e. The van der Waals surface area contributed by atoms with E-state index in [0.29, 0.717) is 6.67 Å². The highest BCUT2D eigenvalue weighted by Gasteiger charge is 2.05. The van der Waals surface area contributed by atoms with Gasteiger partial charge in [0.05, 0.1) is 18.6 Å². The van der Waals surface area contributed by atoms with E-state index >= 15 is 0 Å². The number of rotatable bonds is 4. The summed E-state index contributed by atoms with van der Waals surface area (Å²) in [6, 6.07) is 8.14. The number of carbonyl (C=O) groups is 1. The molecule has 0 radical (unpaired) electrons. The summed E-state index contributed by atoms with van der Waals surface area (Å²) in [6.45, 7) is 5.99. The molecule has 0 aliphatic rings. The van der Waals surface area contributed by atoms with Crippen molar-refractivity contribution in [3.63, 3.8) is 0 Å². The molecule has 2 rings (SSSR count). The molecule has 1 aromatic carbocycles. The van der Waals surface area contributed by atoms with Gasteiger partial charge in [0.15, 0.2) is 0 Å². The van der Waals surface area contributed by atoms with Crippen molar-refractivity contribution < 1.29 is 4.79 Å². The highest BCUT2D eigenvalue weighted by atomic mass is 16.1. The molecule has 0 aliphatic heterocycles. The molecule has 0 saturated heterocycles. The highest BCUT2D eigenvalue weighted by molar-refractivity contribution is 5.73. The van der Waals surface area contributed by atoms with Crippen molar-refractivity contribution in [3.05, 3.63) is 41.6 Å². The fourth-order valence-electron chi connectivity index (χ4n) is 1.98.